The van der Waals surface area contributed by atoms with Crippen molar-refractivity contribution in [2.24, 2.45) is 5.73 Å². The third kappa shape index (κ3) is 4.10. The molecule has 0 saturated heterocycles. The molecule has 0 radical (unpaired) electrons. The highest BCUT2D eigenvalue weighted by Crippen LogP contribution is 2.19. The SMILES string of the molecule is NC1CCCC(NCCC(=O)NC2CC2)C1. The molecule has 92 valence electrons. The van der Waals surface area contributed by atoms with Gasteiger partial charge in [-0.2, -0.15) is 0 Å². The lowest BCUT2D eigenvalue weighted by Crippen LogP contribution is -2.40. The lowest BCUT2D eigenvalue weighted by atomic mass is 9.91. The van der Waals surface area contributed by atoms with Crippen molar-refractivity contribution >= 4 is 5.91 Å². The molecule has 2 fully saturated rings. The van der Waals surface area contributed by atoms with Crippen LogP contribution in [-0.2, 0) is 4.79 Å². The summed E-state index contributed by atoms with van der Waals surface area (Å²) in [5.41, 5.74) is 5.91. The van der Waals surface area contributed by atoms with Crippen molar-refractivity contribution in [1.82, 2.24) is 10.6 Å². The first-order chi connectivity index (χ1) is 7.74. The summed E-state index contributed by atoms with van der Waals surface area (Å²) in [6.07, 6.45) is 7.56. The second kappa shape index (κ2) is 5.64. The van der Waals surface area contributed by atoms with E-state index in [4.69, 9.17) is 5.73 Å². The van der Waals surface area contributed by atoms with E-state index in [1.165, 1.54) is 12.8 Å². The largest absolute Gasteiger partial charge is 0.353 e. The second-order valence-electron chi connectivity index (χ2n) is 5.17. The van der Waals surface area contributed by atoms with Crippen molar-refractivity contribution in [3.63, 3.8) is 0 Å². The minimum absolute atomic E-state index is 0.190. The standard InChI is InChI=1S/C12H23N3O/c13-9-2-1-3-11(8-9)14-7-6-12(16)15-10-4-5-10/h9-11,14H,1-8,13H2,(H,15,16). The maximum Gasteiger partial charge on any atom is 0.221 e. The molecule has 0 aliphatic heterocycles. The Labute approximate surface area is 97.3 Å². The lowest BCUT2D eigenvalue weighted by Gasteiger charge is -2.27. The Hall–Kier alpha value is -0.610. The van der Waals surface area contributed by atoms with Gasteiger partial charge >= 0.3 is 0 Å². The number of carbonyl (C=O) groups excluding carboxylic acids is 1. The van der Waals surface area contributed by atoms with Crippen LogP contribution in [0.25, 0.3) is 0 Å². The molecule has 0 heterocycles. The van der Waals surface area contributed by atoms with Crippen molar-refractivity contribution < 1.29 is 4.79 Å². The van der Waals surface area contributed by atoms with Gasteiger partial charge in [0.2, 0.25) is 5.91 Å². The summed E-state index contributed by atoms with van der Waals surface area (Å²) in [6.45, 7) is 0.788. The zero-order chi connectivity index (χ0) is 11.4. The molecule has 0 aromatic carbocycles. The maximum atomic E-state index is 11.4. The number of nitrogens with two attached hydrogens (primary N) is 1. The van der Waals surface area contributed by atoms with E-state index < -0.39 is 0 Å². The molecule has 2 aliphatic carbocycles. The predicted octanol–water partition coefficient (Wildman–Crippen LogP) is 0.515. The van der Waals surface area contributed by atoms with E-state index in [-0.39, 0.29) is 5.91 Å². The maximum absolute atomic E-state index is 11.4. The molecule has 2 unspecified atom stereocenters. The zero-order valence-corrected chi connectivity index (χ0v) is 9.87. The van der Waals surface area contributed by atoms with Crippen molar-refractivity contribution in [2.45, 2.75) is 63.1 Å². The van der Waals surface area contributed by atoms with Crippen LogP contribution in [0.5, 0.6) is 0 Å². The molecule has 1 amide bonds. The van der Waals surface area contributed by atoms with Crippen LogP contribution in [0.4, 0.5) is 0 Å². The van der Waals surface area contributed by atoms with Gasteiger partial charge in [-0.3, -0.25) is 4.79 Å². The molecule has 2 atom stereocenters. The van der Waals surface area contributed by atoms with E-state index in [9.17, 15) is 4.79 Å². The van der Waals surface area contributed by atoms with E-state index >= 15 is 0 Å². The predicted molar refractivity (Wildman–Crippen MR) is 64.0 cm³/mol. The van der Waals surface area contributed by atoms with Crippen molar-refractivity contribution in [2.75, 3.05) is 6.54 Å². The topological polar surface area (TPSA) is 67.1 Å². The average Bonchev–Trinajstić information content (AvgIpc) is 3.02. The molecule has 0 aromatic heterocycles. The Morgan fingerprint density at radius 3 is 2.69 bits per heavy atom. The van der Waals surface area contributed by atoms with Gasteiger partial charge in [0.15, 0.2) is 0 Å². The van der Waals surface area contributed by atoms with E-state index in [1.807, 2.05) is 0 Å². The molecule has 4 N–H and O–H groups in total. The summed E-state index contributed by atoms with van der Waals surface area (Å²) in [5, 5.41) is 6.43. The summed E-state index contributed by atoms with van der Waals surface area (Å²) in [4.78, 5) is 11.4. The minimum Gasteiger partial charge on any atom is -0.353 e. The highest BCUT2D eigenvalue weighted by Gasteiger charge is 2.23. The monoisotopic (exact) mass is 225 g/mol. The van der Waals surface area contributed by atoms with Crippen molar-refractivity contribution in [3.8, 4) is 0 Å². The van der Waals surface area contributed by atoms with Gasteiger partial charge < -0.3 is 16.4 Å². The molecule has 2 rings (SSSR count). The molecule has 4 nitrogen and oxygen atoms in total. The molecule has 0 spiro atoms. The average molecular weight is 225 g/mol. The van der Waals surface area contributed by atoms with Crippen LogP contribution in [-0.4, -0.2) is 30.6 Å². The number of amides is 1. The molecule has 2 aliphatic rings. The third-order valence-electron chi connectivity index (χ3n) is 3.44. The van der Waals surface area contributed by atoms with Gasteiger partial charge in [0, 0.05) is 31.1 Å². The van der Waals surface area contributed by atoms with E-state index in [0.717, 1.165) is 32.2 Å². The second-order valence-corrected chi connectivity index (χ2v) is 5.17. The van der Waals surface area contributed by atoms with Gasteiger partial charge in [0.1, 0.15) is 0 Å². The molecule has 2 saturated carbocycles. The number of rotatable bonds is 5. The van der Waals surface area contributed by atoms with Crippen molar-refractivity contribution in [3.05, 3.63) is 0 Å². The molecule has 4 heteroatoms. The molecular formula is C12H23N3O. The number of hydrogen-bond acceptors (Lipinski definition) is 3. The summed E-state index contributed by atoms with van der Waals surface area (Å²) < 4.78 is 0. The molecule has 0 aromatic rings. The Bertz CT molecular complexity index is 240. The fraction of sp³-hybridized carbons (Fsp3) is 0.917. The van der Waals surface area contributed by atoms with Crippen LogP contribution < -0.4 is 16.4 Å². The Balaban J connectivity index is 1.54. The fourth-order valence-electron chi connectivity index (χ4n) is 2.33. The Kier molecular flexibility index (Phi) is 4.18. The van der Waals surface area contributed by atoms with E-state index in [1.54, 1.807) is 0 Å². The van der Waals surface area contributed by atoms with E-state index in [0.29, 0.717) is 24.5 Å². The highest BCUT2D eigenvalue weighted by molar-refractivity contribution is 5.76. The van der Waals surface area contributed by atoms with Gasteiger partial charge in [-0.25, -0.2) is 0 Å². The summed E-state index contributed by atoms with van der Waals surface area (Å²) >= 11 is 0. The number of nitrogens with one attached hydrogen (secondary N) is 2. The summed E-state index contributed by atoms with van der Waals surface area (Å²) in [5.74, 6) is 0.190. The van der Waals surface area contributed by atoms with E-state index in [2.05, 4.69) is 10.6 Å². The van der Waals surface area contributed by atoms with Crippen LogP contribution in [0.1, 0.15) is 44.9 Å². The fourth-order valence-corrected chi connectivity index (χ4v) is 2.33. The molecule has 0 bridgehead atoms. The Morgan fingerprint density at radius 1 is 1.19 bits per heavy atom. The van der Waals surface area contributed by atoms with Gasteiger partial charge in [0.05, 0.1) is 0 Å². The van der Waals surface area contributed by atoms with Crippen LogP contribution in [0.15, 0.2) is 0 Å². The summed E-state index contributed by atoms with van der Waals surface area (Å²) in [6, 6.07) is 1.36. The molecule has 16 heavy (non-hydrogen) atoms. The zero-order valence-electron chi connectivity index (χ0n) is 9.87. The third-order valence-corrected chi connectivity index (χ3v) is 3.44. The first kappa shape index (κ1) is 11.9. The smallest absolute Gasteiger partial charge is 0.221 e. The first-order valence-corrected chi connectivity index (χ1v) is 6.52. The molecular weight excluding hydrogens is 202 g/mol. The number of hydrogen-bond donors (Lipinski definition) is 3. The summed E-state index contributed by atoms with van der Waals surface area (Å²) in [7, 11) is 0. The minimum atomic E-state index is 0.190. The van der Waals surface area contributed by atoms with Crippen LogP contribution in [0, 0.1) is 0 Å². The van der Waals surface area contributed by atoms with Crippen molar-refractivity contribution in [1.29, 1.82) is 0 Å². The van der Waals surface area contributed by atoms with Gasteiger partial charge in [-0.15, -0.1) is 0 Å². The van der Waals surface area contributed by atoms with Crippen LogP contribution in [0.3, 0.4) is 0 Å². The van der Waals surface area contributed by atoms with Gasteiger partial charge in [-0.05, 0) is 32.1 Å². The van der Waals surface area contributed by atoms with Gasteiger partial charge in [0.25, 0.3) is 0 Å². The van der Waals surface area contributed by atoms with Gasteiger partial charge in [-0.1, -0.05) is 6.42 Å². The lowest BCUT2D eigenvalue weighted by molar-refractivity contribution is -0.121. The quantitative estimate of drug-likeness (QED) is 0.639. The number of carbonyl (C=O) groups is 1. The normalized spacial score (nSPS) is 30.1. The van der Waals surface area contributed by atoms with Crippen LogP contribution >= 0.6 is 0 Å². The Morgan fingerprint density at radius 2 is 2.00 bits per heavy atom. The highest BCUT2D eigenvalue weighted by atomic mass is 16.1. The van der Waals surface area contributed by atoms with Crippen LogP contribution in [0.2, 0.25) is 0 Å². The first-order valence-electron chi connectivity index (χ1n) is 6.52.